The number of ether oxygens (including phenoxy) is 1. The standard InChI is InChI=1S/C23H24N4O3/c1-30-23(29)19-8-5-18(6-9-19)7-10-22(28)26-14-12-25(13-15-26)16-20-17-27-11-3-2-4-21(27)24-20/h2-11,17H,12-16H2,1H3/b10-7+. The lowest BCUT2D eigenvalue weighted by atomic mass is 10.1. The molecule has 154 valence electrons. The number of imidazole rings is 1. The summed E-state index contributed by atoms with van der Waals surface area (Å²) in [4.78, 5) is 32.8. The van der Waals surface area contributed by atoms with E-state index in [-0.39, 0.29) is 11.9 Å². The Morgan fingerprint density at radius 2 is 1.83 bits per heavy atom. The monoisotopic (exact) mass is 404 g/mol. The lowest BCUT2D eigenvalue weighted by Crippen LogP contribution is -2.47. The third-order valence-corrected chi connectivity index (χ3v) is 5.23. The van der Waals surface area contributed by atoms with Gasteiger partial charge in [0.1, 0.15) is 5.65 Å². The van der Waals surface area contributed by atoms with E-state index in [1.54, 1.807) is 36.4 Å². The van der Waals surface area contributed by atoms with Crippen LogP contribution in [0.1, 0.15) is 21.6 Å². The summed E-state index contributed by atoms with van der Waals surface area (Å²) in [5.74, 6) is -0.373. The number of rotatable bonds is 5. The minimum atomic E-state index is -0.372. The number of benzene rings is 1. The molecule has 0 bridgehead atoms. The SMILES string of the molecule is COC(=O)c1ccc(/C=C/C(=O)N2CCN(Cc3cn4ccccc4n3)CC2)cc1. The predicted octanol–water partition coefficient (Wildman–Crippen LogP) is 2.48. The molecule has 2 aromatic heterocycles. The van der Waals surface area contributed by atoms with Crippen LogP contribution in [-0.2, 0) is 16.1 Å². The number of pyridine rings is 1. The molecule has 7 nitrogen and oxygen atoms in total. The van der Waals surface area contributed by atoms with E-state index in [9.17, 15) is 9.59 Å². The van der Waals surface area contributed by atoms with Crippen molar-refractivity contribution in [1.29, 1.82) is 0 Å². The molecular weight excluding hydrogens is 380 g/mol. The minimum Gasteiger partial charge on any atom is -0.465 e. The Balaban J connectivity index is 1.28. The van der Waals surface area contributed by atoms with Crippen LogP contribution in [0.3, 0.4) is 0 Å². The first-order valence-corrected chi connectivity index (χ1v) is 9.93. The first-order chi connectivity index (χ1) is 14.6. The van der Waals surface area contributed by atoms with Gasteiger partial charge in [-0.3, -0.25) is 9.69 Å². The molecule has 0 atom stereocenters. The fourth-order valence-electron chi connectivity index (χ4n) is 3.54. The quantitative estimate of drug-likeness (QED) is 0.483. The van der Waals surface area contributed by atoms with E-state index in [4.69, 9.17) is 0 Å². The Morgan fingerprint density at radius 1 is 1.07 bits per heavy atom. The number of piperazine rings is 1. The second kappa shape index (κ2) is 8.92. The molecule has 0 aliphatic carbocycles. The Hall–Kier alpha value is -3.45. The van der Waals surface area contributed by atoms with E-state index in [1.807, 2.05) is 33.7 Å². The number of carbonyl (C=O) groups excluding carboxylic acids is 2. The highest BCUT2D eigenvalue weighted by atomic mass is 16.5. The molecule has 7 heteroatoms. The van der Waals surface area contributed by atoms with E-state index in [0.717, 1.165) is 36.5 Å². The van der Waals surface area contributed by atoms with Crippen molar-refractivity contribution in [2.75, 3.05) is 33.3 Å². The smallest absolute Gasteiger partial charge is 0.337 e. The highest BCUT2D eigenvalue weighted by Gasteiger charge is 2.20. The van der Waals surface area contributed by atoms with Crippen LogP contribution in [-0.4, -0.2) is 64.3 Å². The number of amides is 1. The van der Waals surface area contributed by atoms with Gasteiger partial charge in [0.05, 0.1) is 18.4 Å². The molecule has 1 fully saturated rings. The van der Waals surface area contributed by atoms with Crippen molar-refractivity contribution in [2.24, 2.45) is 0 Å². The molecule has 1 amide bonds. The van der Waals surface area contributed by atoms with Crippen molar-refractivity contribution in [3.8, 4) is 0 Å². The zero-order chi connectivity index (χ0) is 20.9. The van der Waals surface area contributed by atoms with E-state index in [0.29, 0.717) is 18.7 Å². The Morgan fingerprint density at radius 3 is 2.53 bits per heavy atom. The van der Waals surface area contributed by atoms with Gasteiger partial charge in [0, 0.05) is 51.2 Å². The van der Waals surface area contributed by atoms with Gasteiger partial charge < -0.3 is 14.0 Å². The molecule has 1 aliphatic rings. The zero-order valence-corrected chi connectivity index (χ0v) is 16.9. The number of nitrogens with zero attached hydrogens (tertiary/aromatic N) is 4. The highest BCUT2D eigenvalue weighted by Crippen LogP contribution is 2.12. The third-order valence-electron chi connectivity index (χ3n) is 5.23. The summed E-state index contributed by atoms with van der Waals surface area (Å²) < 4.78 is 6.71. The molecule has 0 saturated carbocycles. The summed E-state index contributed by atoms with van der Waals surface area (Å²) in [6.45, 7) is 3.81. The lowest BCUT2D eigenvalue weighted by Gasteiger charge is -2.33. The van der Waals surface area contributed by atoms with E-state index < -0.39 is 0 Å². The normalized spacial score (nSPS) is 15.0. The molecule has 1 aliphatic heterocycles. The number of methoxy groups -OCH3 is 1. The van der Waals surface area contributed by atoms with Crippen molar-refractivity contribution in [1.82, 2.24) is 19.2 Å². The fraction of sp³-hybridized carbons (Fsp3) is 0.261. The summed E-state index contributed by atoms with van der Waals surface area (Å²) in [7, 11) is 1.35. The zero-order valence-electron chi connectivity index (χ0n) is 16.9. The van der Waals surface area contributed by atoms with Gasteiger partial charge in [0.15, 0.2) is 0 Å². The van der Waals surface area contributed by atoms with Gasteiger partial charge in [-0.1, -0.05) is 18.2 Å². The lowest BCUT2D eigenvalue weighted by molar-refractivity contribution is -0.127. The summed E-state index contributed by atoms with van der Waals surface area (Å²) in [6.07, 6.45) is 7.41. The molecule has 1 aromatic carbocycles. The molecule has 30 heavy (non-hydrogen) atoms. The van der Waals surface area contributed by atoms with Crippen LogP contribution in [0.5, 0.6) is 0 Å². The number of aromatic nitrogens is 2. The summed E-state index contributed by atoms with van der Waals surface area (Å²) in [5, 5.41) is 0. The molecule has 0 spiro atoms. The molecule has 1 saturated heterocycles. The molecule has 3 aromatic rings. The second-order valence-electron chi connectivity index (χ2n) is 7.25. The molecule has 0 N–H and O–H groups in total. The van der Waals surface area contributed by atoms with E-state index in [1.165, 1.54) is 7.11 Å². The van der Waals surface area contributed by atoms with Gasteiger partial charge in [0.25, 0.3) is 0 Å². The Kier molecular flexibility index (Phi) is 5.90. The fourth-order valence-corrected chi connectivity index (χ4v) is 3.54. The van der Waals surface area contributed by atoms with Crippen LogP contribution in [0.4, 0.5) is 0 Å². The van der Waals surface area contributed by atoms with Gasteiger partial charge in [-0.15, -0.1) is 0 Å². The van der Waals surface area contributed by atoms with E-state index in [2.05, 4.69) is 20.8 Å². The van der Waals surface area contributed by atoms with Gasteiger partial charge in [-0.25, -0.2) is 9.78 Å². The summed E-state index contributed by atoms with van der Waals surface area (Å²) in [6, 6.07) is 12.9. The molecular formula is C23H24N4O3. The summed E-state index contributed by atoms with van der Waals surface area (Å²) >= 11 is 0. The Labute approximate surface area is 175 Å². The predicted molar refractivity (Wildman–Crippen MR) is 114 cm³/mol. The number of esters is 1. The second-order valence-corrected chi connectivity index (χ2v) is 7.25. The number of fused-ring (bicyclic) bond motifs is 1. The maximum Gasteiger partial charge on any atom is 0.337 e. The van der Waals surface area contributed by atoms with Crippen molar-refractivity contribution in [3.63, 3.8) is 0 Å². The van der Waals surface area contributed by atoms with Crippen LogP contribution in [0.15, 0.2) is 60.9 Å². The van der Waals surface area contributed by atoms with Crippen LogP contribution < -0.4 is 0 Å². The van der Waals surface area contributed by atoms with Crippen molar-refractivity contribution < 1.29 is 14.3 Å². The van der Waals surface area contributed by atoms with Crippen LogP contribution in [0, 0.1) is 0 Å². The first kappa shape index (κ1) is 19.8. The minimum absolute atomic E-state index is 0.000533. The molecule has 3 heterocycles. The molecule has 0 unspecified atom stereocenters. The largest absolute Gasteiger partial charge is 0.465 e. The maximum atomic E-state index is 12.5. The molecule has 0 radical (unpaired) electrons. The van der Waals surface area contributed by atoms with Gasteiger partial charge in [-0.05, 0) is 35.9 Å². The average Bonchev–Trinajstić information content (AvgIpc) is 3.20. The van der Waals surface area contributed by atoms with Gasteiger partial charge >= 0.3 is 5.97 Å². The molecule has 4 rings (SSSR count). The number of hydrogen-bond donors (Lipinski definition) is 0. The van der Waals surface area contributed by atoms with Crippen molar-refractivity contribution in [3.05, 3.63) is 77.8 Å². The van der Waals surface area contributed by atoms with E-state index >= 15 is 0 Å². The number of hydrogen-bond acceptors (Lipinski definition) is 5. The third kappa shape index (κ3) is 4.58. The maximum absolute atomic E-state index is 12.5. The Bertz CT molecular complexity index is 1030. The highest BCUT2D eigenvalue weighted by molar-refractivity contribution is 5.92. The topological polar surface area (TPSA) is 67.2 Å². The first-order valence-electron chi connectivity index (χ1n) is 9.93. The van der Waals surface area contributed by atoms with Gasteiger partial charge in [0.2, 0.25) is 5.91 Å². The van der Waals surface area contributed by atoms with Crippen LogP contribution in [0.25, 0.3) is 11.7 Å². The van der Waals surface area contributed by atoms with Crippen molar-refractivity contribution in [2.45, 2.75) is 6.54 Å². The van der Waals surface area contributed by atoms with Crippen LogP contribution in [0.2, 0.25) is 0 Å². The average molecular weight is 404 g/mol. The van der Waals surface area contributed by atoms with Gasteiger partial charge in [-0.2, -0.15) is 0 Å². The van der Waals surface area contributed by atoms with Crippen LogP contribution >= 0.6 is 0 Å². The summed E-state index contributed by atoms with van der Waals surface area (Å²) in [5.41, 5.74) is 3.34. The number of carbonyl (C=O) groups is 2. The van der Waals surface area contributed by atoms with Crippen molar-refractivity contribution >= 4 is 23.6 Å².